The zero-order valence-corrected chi connectivity index (χ0v) is 10.5. The Morgan fingerprint density at radius 3 is 2.72 bits per heavy atom. The fourth-order valence-corrected chi connectivity index (χ4v) is 1.86. The highest BCUT2D eigenvalue weighted by Gasteiger charge is 2.28. The molecule has 0 aliphatic carbocycles. The van der Waals surface area contributed by atoms with Gasteiger partial charge in [0.1, 0.15) is 5.75 Å². The Labute approximate surface area is 107 Å². The van der Waals surface area contributed by atoms with Crippen molar-refractivity contribution in [2.75, 3.05) is 6.61 Å². The van der Waals surface area contributed by atoms with Crippen LogP contribution in [0.4, 0.5) is 0 Å². The molecule has 1 heterocycles. The molecule has 0 spiro atoms. The van der Waals surface area contributed by atoms with Crippen LogP contribution in [0, 0.1) is 0 Å². The van der Waals surface area contributed by atoms with Gasteiger partial charge in [0.25, 0.3) is 0 Å². The third kappa shape index (κ3) is 3.47. The van der Waals surface area contributed by atoms with Crippen LogP contribution in [0.1, 0.15) is 25.3 Å². The SMILES string of the molecule is CC(O)CCc1ccc(OC2CCOC2=O)cc1. The van der Waals surface area contributed by atoms with Gasteiger partial charge in [-0.05, 0) is 37.5 Å². The van der Waals surface area contributed by atoms with E-state index in [0.29, 0.717) is 18.8 Å². The molecule has 0 saturated carbocycles. The van der Waals surface area contributed by atoms with Crippen LogP contribution in [0.2, 0.25) is 0 Å². The van der Waals surface area contributed by atoms with E-state index in [1.54, 1.807) is 6.92 Å². The summed E-state index contributed by atoms with van der Waals surface area (Å²) < 4.78 is 10.4. The number of carbonyl (C=O) groups is 1. The van der Waals surface area contributed by atoms with Crippen molar-refractivity contribution in [2.24, 2.45) is 0 Å². The molecule has 1 aliphatic heterocycles. The molecule has 2 unspecified atom stereocenters. The van der Waals surface area contributed by atoms with Crippen LogP contribution in [0.3, 0.4) is 0 Å². The summed E-state index contributed by atoms with van der Waals surface area (Å²) in [4.78, 5) is 11.2. The van der Waals surface area contributed by atoms with Gasteiger partial charge >= 0.3 is 5.97 Å². The molecular formula is C14H18O4. The number of cyclic esters (lactones) is 1. The number of benzene rings is 1. The fraction of sp³-hybridized carbons (Fsp3) is 0.500. The Bertz CT molecular complexity index is 397. The van der Waals surface area contributed by atoms with E-state index in [1.165, 1.54) is 0 Å². The van der Waals surface area contributed by atoms with Gasteiger partial charge in [0.2, 0.25) is 0 Å². The standard InChI is InChI=1S/C14H18O4/c1-10(15)2-3-11-4-6-12(7-5-11)18-13-8-9-17-14(13)16/h4-7,10,13,15H,2-3,8-9H2,1H3. The van der Waals surface area contributed by atoms with Crippen molar-refractivity contribution < 1.29 is 19.4 Å². The van der Waals surface area contributed by atoms with Gasteiger partial charge in [-0.3, -0.25) is 0 Å². The molecule has 18 heavy (non-hydrogen) atoms. The molecule has 0 radical (unpaired) electrons. The lowest BCUT2D eigenvalue weighted by Gasteiger charge is -2.10. The fourth-order valence-electron chi connectivity index (χ4n) is 1.86. The van der Waals surface area contributed by atoms with Crippen LogP contribution in [0.15, 0.2) is 24.3 Å². The molecule has 0 bridgehead atoms. The van der Waals surface area contributed by atoms with Crippen molar-refractivity contribution in [3.63, 3.8) is 0 Å². The van der Waals surface area contributed by atoms with E-state index < -0.39 is 6.10 Å². The highest BCUT2D eigenvalue weighted by molar-refractivity contribution is 5.76. The third-order valence-corrected chi connectivity index (χ3v) is 2.94. The molecule has 1 aromatic rings. The van der Waals surface area contributed by atoms with E-state index in [0.717, 1.165) is 18.4 Å². The van der Waals surface area contributed by atoms with E-state index in [1.807, 2.05) is 24.3 Å². The van der Waals surface area contributed by atoms with Crippen LogP contribution in [-0.2, 0) is 16.0 Å². The lowest BCUT2D eigenvalue weighted by Crippen LogP contribution is -2.21. The Hall–Kier alpha value is -1.55. The number of aliphatic hydroxyl groups excluding tert-OH is 1. The Morgan fingerprint density at radius 2 is 2.17 bits per heavy atom. The highest BCUT2D eigenvalue weighted by atomic mass is 16.6. The number of esters is 1. The van der Waals surface area contributed by atoms with E-state index >= 15 is 0 Å². The summed E-state index contributed by atoms with van der Waals surface area (Å²) in [6.07, 6.45) is 1.45. The number of ether oxygens (including phenoxy) is 2. The van der Waals surface area contributed by atoms with Gasteiger partial charge < -0.3 is 14.6 Å². The summed E-state index contributed by atoms with van der Waals surface area (Å²) in [5.41, 5.74) is 1.15. The first-order valence-corrected chi connectivity index (χ1v) is 6.25. The van der Waals surface area contributed by atoms with Crippen LogP contribution in [-0.4, -0.2) is 29.9 Å². The van der Waals surface area contributed by atoms with Gasteiger partial charge in [-0.25, -0.2) is 4.79 Å². The van der Waals surface area contributed by atoms with Crippen molar-refractivity contribution >= 4 is 5.97 Å². The number of hydrogen-bond acceptors (Lipinski definition) is 4. The molecule has 1 saturated heterocycles. The van der Waals surface area contributed by atoms with E-state index in [2.05, 4.69) is 0 Å². The minimum atomic E-state index is -0.465. The average molecular weight is 250 g/mol. The summed E-state index contributed by atoms with van der Waals surface area (Å²) in [7, 11) is 0. The van der Waals surface area contributed by atoms with Crippen molar-refractivity contribution in [3.8, 4) is 5.75 Å². The van der Waals surface area contributed by atoms with Gasteiger partial charge in [-0.2, -0.15) is 0 Å². The second-order valence-electron chi connectivity index (χ2n) is 4.59. The first-order valence-electron chi connectivity index (χ1n) is 6.25. The highest BCUT2D eigenvalue weighted by Crippen LogP contribution is 2.19. The predicted molar refractivity (Wildman–Crippen MR) is 66.4 cm³/mol. The summed E-state index contributed by atoms with van der Waals surface area (Å²) in [5, 5.41) is 9.21. The molecule has 2 atom stereocenters. The van der Waals surface area contributed by atoms with Gasteiger partial charge in [-0.15, -0.1) is 0 Å². The molecule has 0 aromatic heterocycles. The number of carbonyl (C=O) groups excluding carboxylic acids is 1. The van der Waals surface area contributed by atoms with Crippen LogP contribution in [0.25, 0.3) is 0 Å². The quantitative estimate of drug-likeness (QED) is 0.808. The first kappa shape index (κ1) is 12.9. The summed E-state index contributed by atoms with van der Waals surface area (Å²) in [6.45, 7) is 2.22. The predicted octanol–water partition coefficient (Wildman–Crippen LogP) is 1.69. The molecule has 4 nitrogen and oxygen atoms in total. The van der Waals surface area contributed by atoms with Crippen molar-refractivity contribution in [3.05, 3.63) is 29.8 Å². The number of aryl methyl sites for hydroxylation is 1. The van der Waals surface area contributed by atoms with Gasteiger partial charge in [0, 0.05) is 6.42 Å². The molecule has 4 heteroatoms. The van der Waals surface area contributed by atoms with Crippen molar-refractivity contribution in [1.29, 1.82) is 0 Å². The summed E-state index contributed by atoms with van der Waals surface area (Å²) in [6, 6.07) is 7.61. The molecule has 2 rings (SSSR count). The van der Waals surface area contributed by atoms with Crippen LogP contribution in [0.5, 0.6) is 5.75 Å². The van der Waals surface area contributed by atoms with Crippen molar-refractivity contribution in [1.82, 2.24) is 0 Å². The normalized spacial score (nSPS) is 20.6. The maximum Gasteiger partial charge on any atom is 0.347 e. The van der Waals surface area contributed by atoms with E-state index in [9.17, 15) is 9.90 Å². The Morgan fingerprint density at radius 1 is 1.44 bits per heavy atom. The topological polar surface area (TPSA) is 55.8 Å². The second-order valence-corrected chi connectivity index (χ2v) is 4.59. The Kier molecular flexibility index (Phi) is 4.20. The lowest BCUT2D eigenvalue weighted by molar-refractivity contribution is -0.143. The molecule has 1 N–H and O–H groups in total. The number of aliphatic hydroxyl groups is 1. The van der Waals surface area contributed by atoms with E-state index in [-0.39, 0.29) is 12.1 Å². The molecular weight excluding hydrogens is 232 g/mol. The number of rotatable bonds is 5. The minimum Gasteiger partial charge on any atom is -0.479 e. The lowest BCUT2D eigenvalue weighted by atomic mass is 10.1. The smallest absolute Gasteiger partial charge is 0.347 e. The van der Waals surface area contributed by atoms with Crippen LogP contribution >= 0.6 is 0 Å². The molecule has 98 valence electrons. The minimum absolute atomic E-state index is 0.283. The zero-order valence-electron chi connectivity index (χ0n) is 10.5. The van der Waals surface area contributed by atoms with Crippen LogP contribution < -0.4 is 4.74 Å². The van der Waals surface area contributed by atoms with Crippen molar-refractivity contribution in [2.45, 2.75) is 38.4 Å². The monoisotopic (exact) mass is 250 g/mol. The largest absolute Gasteiger partial charge is 0.479 e. The second kappa shape index (κ2) is 5.87. The average Bonchev–Trinajstić information content (AvgIpc) is 2.74. The maximum absolute atomic E-state index is 11.2. The van der Waals surface area contributed by atoms with Gasteiger partial charge in [-0.1, -0.05) is 12.1 Å². The molecule has 1 aliphatic rings. The Balaban J connectivity index is 1.89. The van der Waals surface area contributed by atoms with Gasteiger partial charge in [0.15, 0.2) is 6.10 Å². The summed E-state index contributed by atoms with van der Waals surface area (Å²) >= 11 is 0. The molecule has 0 amide bonds. The summed E-state index contributed by atoms with van der Waals surface area (Å²) in [5.74, 6) is 0.396. The van der Waals surface area contributed by atoms with Gasteiger partial charge in [0.05, 0.1) is 12.7 Å². The number of hydrogen-bond donors (Lipinski definition) is 1. The molecule has 1 aromatic carbocycles. The third-order valence-electron chi connectivity index (χ3n) is 2.94. The first-order chi connectivity index (χ1) is 8.65. The van der Waals surface area contributed by atoms with E-state index in [4.69, 9.17) is 9.47 Å². The molecule has 1 fully saturated rings. The maximum atomic E-state index is 11.2. The zero-order chi connectivity index (χ0) is 13.0.